The van der Waals surface area contributed by atoms with Gasteiger partial charge in [-0.25, -0.2) is 4.98 Å². The molecule has 1 aliphatic heterocycles. The summed E-state index contributed by atoms with van der Waals surface area (Å²) in [6.07, 6.45) is -4.04. The number of ether oxygens (including phenoxy) is 1. The molecule has 1 unspecified atom stereocenters. The number of aromatic nitrogens is 1. The zero-order chi connectivity index (χ0) is 28.1. The SMILES string of the molecule is C/C(=C\c1csc(C)n1)C1C/C=C(\C(F)(F)F)C/C=C/[C@H](C)[C@H](O)[C@@H](C)C(=O)C(C)(C)[C@@H](O)CC(=O)O1. The smallest absolute Gasteiger partial charge is 0.412 e. The predicted octanol–water partition coefficient (Wildman–Crippen LogP) is 5.58. The van der Waals surface area contributed by atoms with Crippen molar-refractivity contribution in [2.45, 2.75) is 85.3 Å². The lowest BCUT2D eigenvalue weighted by molar-refractivity contribution is -0.154. The van der Waals surface area contributed by atoms with E-state index in [9.17, 15) is 33.0 Å². The number of carbonyl (C=O) groups excluding carboxylic acids is 2. The molecule has 10 heteroatoms. The van der Waals surface area contributed by atoms with E-state index in [1.54, 1.807) is 25.3 Å². The lowest BCUT2D eigenvalue weighted by atomic mass is 9.73. The third kappa shape index (κ3) is 8.35. The first-order chi connectivity index (χ1) is 17.0. The highest BCUT2D eigenvalue weighted by atomic mass is 32.1. The summed E-state index contributed by atoms with van der Waals surface area (Å²) in [6.45, 7) is 9.55. The number of alkyl halides is 3. The molecule has 0 fully saturated rings. The Labute approximate surface area is 219 Å². The van der Waals surface area contributed by atoms with Crippen molar-refractivity contribution >= 4 is 29.2 Å². The summed E-state index contributed by atoms with van der Waals surface area (Å²) in [5, 5.41) is 24.0. The molecule has 1 aromatic rings. The molecule has 0 saturated carbocycles. The molecule has 0 amide bonds. The second kappa shape index (κ2) is 12.5. The molecule has 2 rings (SSSR count). The lowest BCUT2D eigenvalue weighted by Gasteiger charge is -2.34. The Morgan fingerprint density at radius 1 is 1.24 bits per heavy atom. The minimum absolute atomic E-state index is 0.243. The molecule has 0 aliphatic carbocycles. The number of ketones is 1. The number of hydrogen-bond acceptors (Lipinski definition) is 7. The molecule has 2 N–H and O–H groups in total. The minimum atomic E-state index is -4.61. The molecule has 0 aromatic carbocycles. The summed E-state index contributed by atoms with van der Waals surface area (Å²) in [5.74, 6) is -2.85. The minimum Gasteiger partial charge on any atom is -0.457 e. The number of nitrogens with zero attached hydrogens (tertiary/aromatic N) is 1. The van der Waals surface area contributed by atoms with E-state index in [1.165, 1.54) is 44.3 Å². The summed E-state index contributed by atoms with van der Waals surface area (Å²) in [6, 6.07) is 0. The van der Waals surface area contributed by atoms with Crippen LogP contribution in [-0.4, -0.2) is 51.4 Å². The molecule has 0 saturated heterocycles. The van der Waals surface area contributed by atoms with Crippen molar-refractivity contribution in [3.63, 3.8) is 0 Å². The van der Waals surface area contributed by atoms with Gasteiger partial charge in [0.15, 0.2) is 0 Å². The number of thiazole rings is 1. The molecule has 1 aromatic heterocycles. The Bertz CT molecular complexity index is 1060. The highest BCUT2D eigenvalue weighted by Crippen LogP contribution is 2.33. The third-order valence-corrected chi connectivity index (χ3v) is 7.60. The topological polar surface area (TPSA) is 96.7 Å². The number of cyclic esters (lactones) is 1. The van der Waals surface area contributed by atoms with Gasteiger partial charge in [0.05, 0.1) is 34.7 Å². The Morgan fingerprint density at radius 3 is 2.46 bits per heavy atom. The molecule has 206 valence electrons. The fraction of sp³-hybridized carbons (Fsp3) is 0.593. The van der Waals surface area contributed by atoms with Crippen LogP contribution in [0.3, 0.4) is 0 Å². The van der Waals surface area contributed by atoms with Gasteiger partial charge in [0.25, 0.3) is 0 Å². The van der Waals surface area contributed by atoms with Gasteiger partial charge in [-0.1, -0.05) is 45.9 Å². The normalized spacial score (nSPS) is 31.4. The number of esters is 1. The van der Waals surface area contributed by atoms with Crippen molar-refractivity contribution in [3.05, 3.63) is 45.5 Å². The summed E-state index contributed by atoms with van der Waals surface area (Å²) in [5.41, 5.74) is -1.11. The number of Topliss-reactive ketones (excluding diaryl/α,β-unsaturated/α-hetero) is 1. The molecular formula is C27H36F3NO5S. The summed E-state index contributed by atoms with van der Waals surface area (Å²) >= 11 is 1.41. The summed E-state index contributed by atoms with van der Waals surface area (Å²) < 4.78 is 46.8. The Hall–Kier alpha value is -2.30. The van der Waals surface area contributed by atoms with Crippen LogP contribution in [0.15, 0.2) is 34.8 Å². The maximum Gasteiger partial charge on any atom is 0.412 e. The number of halogens is 3. The van der Waals surface area contributed by atoms with Crippen molar-refractivity contribution in [2.75, 3.05) is 0 Å². The molecule has 1 aliphatic rings. The van der Waals surface area contributed by atoms with Crippen LogP contribution in [0.4, 0.5) is 13.2 Å². The summed E-state index contributed by atoms with van der Waals surface area (Å²) in [7, 11) is 0. The van der Waals surface area contributed by atoms with Crippen LogP contribution < -0.4 is 0 Å². The highest BCUT2D eigenvalue weighted by Gasteiger charge is 2.42. The van der Waals surface area contributed by atoms with Crippen molar-refractivity contribution in [2.24, 2.45) is 17.3 Å². The Balaban J connectivity index is 2.50. The molecule has 37 heavy (non-hydrogen) atoms. The van der Waals surface area contributed by atoms with Gasteiger partial charge in [0.1, 0.15) is 11.9 Å². The van der Waals surface area contributed by atoms with Crippen molar-refractivity contribution in [1.82, 2.24) is 4.98 Å². The van der Waals surface area contributed by atoms with Gasteiger partial charge >= 0.3 is 12.1 Å². The van der Waals surface area contributed by atoms with Crippen molar-refractivity contribution in [1.29, 1.82) is 0 Å². The van der Waals surface area contributed by atoms with Gasteiger partial charge < -0.3 is 14.9 Å². The fourth-order valence-electron chi connectivity index (χ4n) is 4.17. The van der Waals surface area contributed by atoms with Gasteiger partial charge in [-0.2, -0.15) is 13.2 Å². The maximum absolute atomic E-state index is 13.8. The van der Waals surface area contributed by atoms with Crippen LogP contribution in [-0.2, 0) is 14.3 Å². The largest absolute Gasteiger partial charge is 0.457 e. The lowest BCUT2D eigenvalue weighted by Crippen LogP contribution is -2.45. The second-order valence-corrected chi connectivity index (χ2v) is 11.3. The third-order valence-electron chi connectivity index (χ3n) is 6.81. The molecule has 0 radical (unpaired) electrons. The van der Waals surface area contributed by atoms with Gasteiger partial charge in [0.2, 0.25) is 0 Å². The van der Waals surface area contributed by atoms with Crippen LogP contribution in [0, 0.1) is 24.2 Å². The van der Waals surface area contributed by atoms with E-state index in [0.717, 1.165) is 11.1 Å². The fourth-order valence-corrected chi connectivity index (χ4v) is 4.74. The van der Waals surface area contributed by atoms with E-state index in [4.69, 9.17) is 4.74 Å². The number of aliphatic hydroxyl groups is 2. The second-order valence-electron chi connectivity index (χ2n) is 10.2. The monoisotopic (exact) mass is 543 g/mol. The molecular weight excluding hydrogens is 507 g/mol. The number of hydrogen-bond donors (Lipinski definition) is 2. The summed E-state index contributed by atoms with van der Waals surface area (Å²) in [4.78, 5) is 30.2. The van der Waals surface area contributed by atoms with E-state index in [2.05, 4.69) is 4.98 Å². The standard InChI is InChI=1S/C27H36F3NO5S/c1-15-8-7-9-19(27(28,29)30)10-11-21(16(2)12-20-14-37-18(4)31-20)36-23(33)13-22(32)26(5,6)25(35)17(3)24(15)34/h7-8,10,12,14-15,17,21-22,24,32,34H,9,11,13H2,1-6H3/b8-7+,16-12+,19-10-/t15-,17+,21?,22-,24-/m0/s1. The highest BCUT2D eigenvalue weighted by molar-refractivity contribution is 7.09. The van der Waals surface area contributed by atoms with Crippen LogP contribution in [0.2, 0.25) is 0 Å². The van der Waals surface area contributed by atoms with E-state index in [0.29, 0.717) is 11.3 Å². The van der Waals surface area contributed by atoms with Gasteiger partial charge in [-0.15, -0.1) is 11.3 Å². The number of aliphatic hydroxyl groups excluding tert-OH is 2. The van der Waals surface area contributed by atoms with Crippen molar-refractivity contribution in [3.8, 4) is 0 Å². The molecule has 2 heterocycles. The van der Waals surface area contributed by atoms with E-state index < -0.39 is 71.9 Å². The van der Waals surface area contributed by atoms with E-state index in [1.807, 2.05) is 6.92 Å². The van der Waals surface area contributed by atoms with Crippen LogP contribution in [0.1, 0.15) is 64.6 Å². The van der Waals surface area contributed by atoms with Crippen LogP contribution in [0.5, 0.6) is 0 Å². The number of carbonyl (C=O) groups is 2. The first kappa shape index (κ1) is 30.9. The number of allylic oxidation sites excluding steroid dienone is 2. The van der Waals surface area contributed by atoms with Gasteiger partial charge in [-0.3, -0.25) is 9.59 Å². The van der Waals surface area contributed by atoms with E-state index >= 15 is 0 Å². The molecule has 6 nitrogen and oxygen atoms in total. The maximum atomic E-state index is 13.8. The molecule has 5 atom stereocenters. The van der Waals surface area contributed by atoms with Gasteiger partial charge in [0, 0.05) is 29.2 Å². The average molecular weight is 544 g/mol. The Kier molecular flexibility index (Phi) is 10.4. The van der Waals surface area contributed by atoms with Crippen molar-refractivity contribution < 1.29 is 37.7 Å². The first-order valence-corrected chi connectivity index (χ1v) is 13.0. The van der Waals surface area contributed by atoms with E-state index in [-0.39, 0.29) is 6.42 Å². The Morgan fingerprint density at radius 2 is 1.89 bits per heavy atom. The van der Waals surface area contributed by atoms with Gasteiger partial charge in [-0.05, 0) is 31.9 Å². The van der Waals surface area contributed by atoms with Crippen LogP contribution in [0.25, 0.3) is 6.08 Å². The molecule has 0 spiro atoms. The predicted molar refractivity (Wildman–Crippen MR) is 137 cm³/mol. The zero-order valence-electron chi connectivity index (χ0n) is 22.0. The average Bonchev–Trinajstić information content (AvgIpc) is 3.21. The number of rotatable bonds is 2. The first-order valence-electron chi connectivity index (χ1n) is 12.2. The zero-order valence-corrected chi connectivity index (χ0v) is 22.8. The van der Waals surface area contributed by atoms with Crippen LogP contribution >= 0.6 is 11.3 Å². The number of aryl methyl sites for hydroxylation is 1. The molecule has 0 bridgehead atoms. The quantitative estimate of drug-likeness (QED) is 0.373.